The normalized spacial score (nSPS) is 41.1. The zero-order valence-corrected chi connectivity index (χ0v) is 12.7. The van der Waals surface area contributed by atoms with E-state index in [-0.39, 0.29) is 16.9 Å². The van der Waals surface area contributed by atoms with Crippen LogP contribution in [-0.4, -0.2) is 29.7 Å². The largest absolute Gasteiger partial charge is 0.364 e. The Morgan fingerprint density at radius 1 is 1.50 bits per heavy atom. The molecule has 0 radical (unpaired) electrons. The molecule has 1 aromatic rings. The lowest BCUT2D eigenvalue weighted by Gasteiger charge is -2.37. The maximum absolute atomic E-state index is 12.6. The van der Waals surface area contributed by atoms with Gasteiger partial charge >= 0.3 is 0 Å². The van der Waals surface area contributed by atoms with Gasteiger partial charge in [0, 0.05) is 17.5 Å². The van der Waals surface area contributed by atoms with E-state index < -0.39 is 10.0 Å². The van der Waals surface area contributed by atoms with Crippen molar-refractivity contribution in [2.75, 3.05) is 5.75 Å². The third kappa shape index (κ3) is 1.36. The molecule has 1 aromatic heterocycles. The molecule has 0 aromatic carbocycles. The van der Waals surface area contributed by atoms with Gasteiger partial charge in [-0.3, -0.25) is 0 Å². The molecule has 1 aliphatic heterocycles. The lowest BCUT2D eigenvalue weighted by atomic mass is 9.69. The van der Waals surface area contributed by atoms with Crippen molar-refractivity contribution < 1.29 is 12.9 Å². The quantitative estimate of drug-likeness (QED) is 0.837. The van der Waals surface area contributed by atoms with Crippen LogP contribution in [0.25, 0.3) is 0 Å². The predicted octanol–water partition coefficient (Wildman–Crippen LogP) is 2.01. The summed E-state index contributed by atoms with van der Waals surface area (Å²) in [5.41, 5.74) is 0.773. The fraction of sp³-hybridized carbons (Fsp3) is 0.786. The van der Waals surface area contributed by atoms with Gasteiger partial charge in [-0.1, -0.05) is 19.0 Å². The molecule has 110 valence electrons. The lowest BCUT2D eigenvalue weighted by molar-refractivity contribution is 0.111. The summed E-state index contributed by atoms with van der Waals surface area (Å²) < 4.78 is 31.8. The van der Waals surface area contributed by atoms with Crippen LogP contribution < -0.4 is 0 Å². The van der Waals surface area contributed by atoms with E-state index in [2.05, 4.69) is 19.0 Å². The Morgan fingerprint density at radius 2 is 2.30 bits per heavy atom. The maximum Gasteiger partial charge on any atom is 0.215 e. The number of hydrogen-bond acceptors (Lipinski definition) is 4. The van der Waals surface area contributed by atoms with Crippen LogP contribution in [0, 0.1) is 16.7 Å². The van der Waals surface area contributed by atoms with Gasteiger partial charge in [-0.2, -0.15) is 4.31 Å². The molecular formula is C14H20N2O3S. The molecule has 0 amide bonds. The first kappa shape index (κ1) is 12.8. The van der Waals surface area contributed by atoms with E-state index in [1.165, 1.54) is 12.7 Å². The van der Waals surface area contributed by atoms with Crippen molar-refractivity contribution in [1.29, 1.82) is 0 Å². The van der Waals surface area contributed by atoms with Crippen LogP contribution in [0.5, 0.6) is 0 Å². The minimum absolute atomic E-state index is 0.0553. The second kappa shape index (κ2) is 3.65. The third-order valence-corrected chi connectivity index (χ3v) is 8.32. The van der Waals surface area contributed by atoms with Crippen LogP contribution in [-0.2, 0) is 16.6 Å². The molecule has 3 aliphatic rings. The van der Waals surface area contributed by atoms with Crippen molar-refractivity contribution in [3.63, 3.8) is 0 Å². The first-order valence-corrected chi connectivity index (χ1v) is 8.86. The van der Waals surface area contributed by atoms with Gasteiger partial charge < -0.3 is 4.52 Å². The summed E-state index contributed by atoms with van der Waals surface area (Å²) in [6, 6.07) is 1.90. The van der Waals surface area contributed by atoms with E-state index in [9.17, 15) is 8.42 Å². The summed E-state index contributed by atoms with van der Waals surface area (Å²) in [5, 5.41) is 3.87. The number of fused-ring (bicyclic) bond motifs is 1. The van der Waals surface area contributed by atoms with Crippen molar-refractivity contribution >= 4 is 10.0 Å². The lowest BCUT2D eigenvalue weighted by Crippen LogP contribution is -2.41. The van der Waals surface area contributed by atoms with E-state index in [0.717, 1.165) is 12.8 Å². The molecule has 1 spiro atoms. The van der Waals surface area contributed by atoms with Crippen LogP contribution in [0.3, 0.4) is 0 Å². The molecule has 3 atom stereocenters. The molecule has 2 heterocycles. The topological polar surface area (TPSA) is 63.4 Å². The first-order chi connectivity index (χ1) is 9.37. The van der Waals surface area contributed by atoms with Crippen LogP contribution in [0.15, 0.2) is 16.9 Å². The Balaban J connectivity index is 1.75. The molecule has 4 rings (SSSR count). The fourth-order valence-electron chi connectivity index (χ4n) is 5.06. The molecule has 2 aliphatic carbocycles. The van der Waals surface area contributed by atoms with Crippen LogP contribution >= 0.6 is 0 Å². The Labute approximate surface area is 119 Å². The SMILES string of the molecule is CC1(C)[C@@H]2CCC13CS(=O)(=O)N(Cc1ccon1)[C@H]3C2. The standard InChI is InChI=1S/C14H20N2O3S/c1-13(2)10-3-5-14(13)9-20(17,18)16(12(14)7-10)8-11-4-6-19-15-11/h4,6,10,12H,3,5,7-9H2,1-2H3/t10-,12+,14?/m1/s1. The second-order valence-electron chi connectivity index (χ2n) is 7.16. The predicted molar refractivity (Wildman–Crippen MR) is 73.2 cm³/mol. The van der Waals surface area contributed by atoms with E-state index in [0.29, 0.717) is 23.9 Å². The van der Waals surface area contributed by atoms with Gasteiger partial charge in [-0.25, -0.2) is 8.42 Å². The number of sulfonamides is 1. The zero-order valence-electron chi connectivity index (χ0n) is 11.9. The molecule has 1 saturated heterocycles. The van der Waals surface area contributed by atoms with Crippen molar-refractivity contribution in [2.24, 2.45) is 16.7 Å². The van der Waals surface area contributed by atoms with E-state index in [4.69, 9.17) is 4.52 Å². The maximum atomic E-state index is 12.6. The Hall–Kier alpha value is -0.880. The van der Waals surface area contributed by atoms with Gasteiger partial charge in [0.1, 0.15) is 6.26 Å². The molecule has 5 nitrogen and oxygen atoms in total. The summed E-state index contributed by atoms with van der Waals surface area (Å²) in [6.07, 6.45) is 4.73. The van der Waals surface area contributed by atoms with Gasteiger partial charge in [0.25, 0.3) is 0 Å². The third-order valence-electron chi connectivity index (χ3n) is 6.34. The number of aromatic nitrogens is 1. The average molecular weight is 296 g/mol. The summed E-state index contributed by atoms with van der Waals surface area (Å²) in [7, 11) is -3.19. The van der Waals surface area contributed by atoms with Gasteiger partial charge in [-0.05, 0) is 30.6 Å². The molecular weight excluding hydrogens is 276 g/mol. The smallest absolute Gasteiger partial charge is 0.215 e. The van der Waals surface area contributed by atoms with Crippen LogP contribution in [0.4, 0.5) is 0 Å². The number of hydrogen-bond donors (Lipinski definition) is 0. The minimum Gasteiger partial charge on any atom is -0.364 e. The Bertz CT molecular complexity index is 637. The Morgan fingerprint density at radius 3 is 2.95 bits per heavy atom. The summed E-state index contributed by atoms with van der Waals surface area (Å²) in [5.74, 6) is 0.967. The minimum atomic E-state index is -3.19. The van der Waals surface area contributed by atoms with Crippen LogP contribution in [0.1, 0.15) is 38.8 Å². The molecule has 1 unspecified atom stereocenters. The molecule has 20 heavy (non-hydrogen) atoms. The summed E-state index contributed by atoms with van der Waals surface area (Å²) in [4.78, 5) is 0. The summed E-state index contributed by atoms with van der Waals surface area (Å²) in [6.45, 7) is 4.88. The fourth-order valence-corrected chi connectivity index (χ4v) is 7.59. The van der Waals surface area contributed by atoms with Crippen molar-refractivity contribution in [3.05, 3.63) is 18.0 Å². The van der Waals surface area contributed by atoms with Crippen molar-refractivity contribution in [1.82, 2.24) is 9.46 Å². The molecule has 2 bridgehead atoms. The van der Waals surface area contributed by atoms with Gasteiger partial charge in [0.05, 0.1) is 18.0 Å². The van der Waals surface area contributed by atoms with Crippen molar-refractivity contribution in [2.45, 2.75) is 45.7 Å². The van der Waals surface area contributed by atoms with Gasteiger partial charge in [0.15, 0.2) is 0 Å². The second-order valence-corrected chi connectivity index (χ2v) is 9.08. The molecule has 3 fully saturated rings. The highest BCUT2D eigenvalue weighted by Gasteiger charge is 2.71. The van der Waals surface area contributed by atoms with Crippen molar-refractivity contribution in [3.8, 4) is 0 Å². The Kier molecular flexibility index (Phi) is 2.34. The van der Waals surface area contributed by atoms with Crippen LogP contribution in [0.2, 0.25) is 0 Å². The number of nitrogens with zero attached hydrogens (tertiary/aromatic N) is 2. The zero-order chi connectivity index (χ0) is 14.2. The summed E-state index contributed by atoms with van der Waals surface area (Å²) >= 11 is 0. The van der Waals surface area contributed by atoms with Gasteiger partial charge in [-0.15, -0.1) is 0 Å². The average Bonchev–Trinajstić information content (AvgIpc) is 3.04. The highest BCUT2D eigenvalue weighted by molar-refractivity contribution is 7.89. The molecule has 0 N–H and O–H groups in total. The molecule has 6 heteroatoms. The highest BCUT2D eigenvalue weighted by Crippen LogP contribution is 2.70. The monoisotopic (exact) mass is 296 g/mol. The first-order valence-electron chi connectivity index (χ1n) is 7.26. The number of rotatable bonds is 2. The van der Waals surface area contributed by atoms with Gasteiger partial charge in [0.2, 0.25) is 10.0 Å². The highest BCUT2D eigenvalue weighted by atomic mass is 32.2. The van der Waals surface area contributed by atoms with E-state index >= 15 is 0 Å². The molecule has 2 saturated carbocycles. The van der Waals surface area contributed by atoms with E-state index in [1.54, 1.807) is 10.4 Å². The van der Waals surface area contributed by atoms with E-state index in [1.807, 2.05) is 0 Å².